The number of carbonyl (C=O) groups is 2. The number of nitrogens with one attached hydrogen (secondary N) is 1. The Balaban J connectivity index is 1.42. The van der Waals surface area contributed by atoms with Crippen LogP contribution in [0.2, 0.25) is 0 Å². The third-order valence-corrected chi connectivity index (χ3v) is 8.56. The molecule has 5 rings (SSSR count). The highest BCUT2D eigenvalue weighted by Gasteiger charge is 2.41. The van der Waals surface area contributed by atoms with Gasteiger partial charge in [0.05, 0.1) is 19.0 Å². The third-order valence-electron chi connectivity index (χ3n) is 8.56. The molecule has 0 radical (unpaired) electrons. The monoisotopic (exact) mass is 535 g/mol. The van der Waals surface area contributed by atoms with Gasteiger partial charge in [0.25, 0.3) is 5.91 Å². The first-order chi connectivity index (χ1) is 18.8. The summed E-state index contributed by atoms with van der Waals surface area (Å²) in [7, 11) is 7.41. The van der Waals surface area contributed by atoms with Crippen LogP contribution in [-0.4, -0.2) is 86.2 Å². The molecular formula is C29H41N7O3. The molecule has 0 spiro atoms. The van der Waals surface area contributed by atoms with E-state index >= 15 is 0 Å². The number of rotatable bonds is 7. The maximum absolute atomic E-state index is 13.2. The molecule has 39 heavy (non-hydrogen) atoms. The van der Waals surface area contributed by atoms with Crippen LogP contribution in [0.3, 0.4) is 0 Å². The van der Waals surface area contributed by atoms with E-state index in [0.29, 0.717) is 23.3 Å². The van der Waals surface area contributed by atoms with Gasteiger partial charge >= 0.3 is 0 Å². The quantitative estimate of drug-likeness (QED) is 0.575. The lowest BCUT2D eigenvalue weighted by molar-refractivity contribution is -0.120. The standard InChI is InChI=1S/C29H41N7O3/c1-6-22-28(38)34(3)24-18-30-29(32-26(24)36(22)21-9-7-8-10-21)35(4)23-12-11-19(17-25(23)39-5)27(37)31-20-13-15-33(2)16-14-20/h11-12,17-18,20-22H,6-10,13-16H2,1-5H3,(H,31,37). The molecule has 1 atom stereocenters. The summed E-state index contributed by atoms with van der Waals surface area (Å²) in [6, 6.07) is 5.74. The fourth-order valence-corrected chi connectivity index (χ4v) is 6.16. The van der Waals surface area contributed by atoms with Crippen molar-refractivity contribution in [1.29, 1.82) is 0 Å². The second kappa shape index (κ2) is 11.4. The van der Waals surface area contributed by atoms with Crippen LogP contribution in [0.4, 0.5) is 23.1 Å². The number of fused-ring (bicyclic) bond motifs is 1. The van der Waals surface area contributed by atoms with E-state index in [1.54, 1.807) is 31.3 Å². The van der Waals surface area contributed by atoms with Crippen molar-refractivity contribution >= 4 is 35.0 Å². The summed E-state index contributed by atoms with van der Waals surface area (Å²) >= 11 is 0. The maximum Gasteiger partial charge on any atom is 0.251 e. The lowest BCUT2D eigenvalue weighted by Crippen LogP contribution is -2.55. The van der Waals surface area contributed by atoms with E-state index < -0.39 is 0 Å². The molecular weight excluding hydrogens is 494 g/mol. The number of hydrogen-bond acceptors (Lipinski definition) is 8. The van der Waals surface area contributed by atoms with E-state index in [9.17, 15) is 9.59 Å². The van der Waals surface area contributed by atoms with Crippen LogP contribution in [0, 0.1) is 0 Å². The fraction of sp³-hybridized carbons (Fsp3) is 0.586. The highest BCUT2D eigenvalue weighted by Crippen LogP contribution is 2.41. The van der Waals surface area contributed by atoms with E-state index in [0.717, 1.165) is 62.4 Å². The number of hydrogen-bond donors (Lipinski definition) is 1. The van der Waals surface area contributed by atoms with Crippen molar-refractivity contribution in [3.63, 3.8) is 0 Å². The van der Waals surface area contributed by atoms with E-state index in [1.807, 2.05) is 24.1 Å². The average Bonchev–Trinajstić information content (AvgIpc) is 3.49. The molecule has 1 saturated heterocycles. The predicted molar refractivity (Wildman–Crippen MR) is 153 cm³/mol. The molecule has 10 nitrogen and oxygen atoms in total. The number of likely N-dealkylation sites (N-methyl/N-ethyl adjacent to an activating group) is 1. The molecule has 1 unspecified atom stereocenters. The molecule has 2 amide bonds. The van der Waals surface area contributed by atoms with E-state index in [1.165, 1.54) is 12.8 Å². The molecule has 1 aromatic heterocycles. The Morgan fingerprint density at radius 1 is 1.15 bits per heavy atom. The minimum absolute atomic E-state index is 0.0902. The molecule has 1 N–H and O–H groups in total. The number of amides is 2. The Hall–Kier alpha value is -3.40. The minimum Gasteiger partial charge on any atom is -0.495 e. The number of carbonyl (C=O) groups excluding carboxylic acids is 2. The first kappa shape index (κ1) is 27.2. The highest BCUT2D eigenvalue weighted by atomic mass is 16.5. The number of anilines is 4. The van der Waals surface area contributed by atoms with Crippen LogP contribution < -0.4 is 24.8 Å². The van der Waals surface area contributed by atoms with Gasteiger partial charge in [-0.25, -0.2) is 4.98 Å². The summed E-state index contributed by atoms with van der Waals surface area (Å²) in [6.07, 6.45) is 8.85. The topological polar surface area (TPSA) is 94.1 Å². The van der Waals surface area contributed by atoms with Gasteiger partial charge in [0.15, 0.2) is 5.82 Å². The Morgan fingerprint density at radius 3 is 2.54 bits per heavy atom. The number of benzene rings is 1. The second-order valence-corrected chi connectivity index (χ2v) is 11.0. The number of ether oxygens (including phenoxy) is 1. The van der Waals surface area contributed by atoms with Crippen molar-refractivity contribution in [1.82, 2.24) is 20.2 Å². The van der Waals surface area contributed by atoms with Crippen molar-refractivity contribution in [2.24, 2.45) is 0 Å². The molecule has 210 valence electrons. The highest BCUT2D eigenvalue weighted by molar-refractivity contribution is 6.04. The summed E-state index contributed by atoms with van der Waals surface area (Å²) in [4.78, 5) is 44.0. The summed E-state index contributed by atoms with van der Waals surface area (Å²) < 4.78 is 5.72. The summed E-state index contributed by atoms with van der Waals surface area (Å²) in [6.45, 7) is 4.03. The summed E-state index contributed by atoms with van der Waals surface area (Å²) in [5.74, 6) is 1.89. The first-order valence-electron chi connectivity index (χ1n) is 14.2. The van der Waals surface area contributed by atoms with E-state index in [-0.39, 0.29) is 23.9 Å². The number of piperidine rings is 1. The molecule has 10 heteroatoms. The lowest BCUT2D eigenvalue weighted by atomic mass is 10.0. The van der Waals surface area contributed by atoms with Crippen molar-refractivity contribution in [2.45, 2.75) is 70.0 Å². The predicted octanol–water partition coefficient (Wildman–Crippen LogP) is 3.58. The van der Waals surface area contributed by atoms with Gasteiger partial charge in [0.2, 0.25) is 11.9 Å². The van der Waals surface area contributed by atoms with Crippen LogP contribution in [0.1, 0.15) is 62.2 Å². The largest absolute Gasteiger partial charge is 0.495 e. The Bertz CT molecular complexity index is 1210. The first-order valence-corrected chi connectivity index (χ1v) is 14.2. The van der Waals surface area contributed by atoms with Crippen molar-refractivity contribution in [3.8, 4) is 5.75 Å². The molecule has 2 aromatic rings. The van der Waals surface area contributed by atoms with Gasteiger partial charge in [-0.2, -0.15) is 4.98 Å². The van der Waals surface area contributed by atoms with Crippen LogP contribution in [0.5, 0.6) is 5.75 Å². The molecule has 2 aliphatic heterocycles. The number of nitrogens with zero attached hydrogens (tertiary/aromatic N) is 6. The van der Waals surface area contributed by atoms with Gasteiger partial charge in [-0.1, -0.05) is 19.8 Å². The van der Waals surface area contributed by atoms with Gasteiger partial charge < -0.3 is 29.7 Å². The zero-order valence-corrected chi connectivity index (χ0v) is 23.8. The second-order valence-electron chi connectivity index (χ2n) is 11.0. The smallest absolute Gasteiger partial charge is 0.251 e. The molecule has 3 aliphatic rings. The Labute approximate surface area is 231 Å². The Kier molecular flexibility index (Phi) is 7.93. The van der Waals surface area contributed by atoms with Gasteiger partial charge in [-0.15, -0.1) is 0 Å². The van der Waals surface area contributed by atoms with Crippen LogP contribution in [0.15, 0.2) is 24.4 Å². The Morgan fingerprint density at radius 2 is 1.87 bits per heavy atom. The number of aromatic nitrogens is 2. The van der Waals surface area contributed by atoms with Crippen LogP contribution >= 0.6 is 0 Å². The van der Waals surface area contributed by atoms with Crippen molar-refractivity contribution < 1.29 is 14.3 Å². The molecule has 1 aliphatic carbocycles. The maximum atomic E-state index is 13.2. The van der Waals surface area contributed by atoms with Crippen molar-refractivity contribution in [2.75, 3.05) is 56.0 Å². The van der Waals surface area contributed by atoms with Crippen LogP contribution in [-0.2, 0) is 4.79 Å². The van der Waals surface area contributed by atoms with E-state index in [2.05, 4.69) is 34.1 Å². The fourth-order valence-electron chi connectivity index (χ4n) is 6.16. The van der Waals surface area contributed by atoms with E-state index in [4.69, 9.17) is 9.72 Å². The normalized spacial score (nSPS) is 20.7. The molecule has 0 bridgehead atoms. The third kappa shape index (κ3) is 5.26. The number of methoxy groups -OCH3 is 1. The zero-order valence-electron chi connectivity index (χ0n) is 23.8. The van der Waals surface area contributed by atoms with Gasteiger partial charge in [0, 0.05) is 31.7 Å². The lowest BCUT2D eigenvalue weighted by Gasteiger charge is -2.43. The molecule has 2 fully saturated rings. The zero-order chi connectivity index (χ0) is 27.7. The summed E-state index contributed by atoms with van der Waals surface area (Å²) in [5.41, 5.74) is 2.06. The minimum atomic E-state index is -0.226. The average molecular weight is 536 g/mol. The summed E-state index contributed by atoms with van der Waals surface area (Å²) in [5, 5.41) is 3.17. The number of likely N-dealkylation sites (tertiary alicyclic amines) is 1. The molecule has 1 aromatic carbocycles. The van der Waals surface area contributed by atoms with Gasteiger partial charge in [-0.05, 0) is 70.4 Å². The van der Waals surface area contributed by atoms with Gasteiger partial charge in [0.1, 0.15) is 17.5 Å². The molecule has 1 saturated carbocycles. The SMILES string of the molecule is CCC1C(=O)N(C)c2cnc(N(C)c3ccc(C(=O)NC4CCN(C)CC4)cc3OC)nc2N1C1CCCC1. The van der Waals surface area contributed by atoms with Crippen LogP contribution in [0.25, 0.3) is 0 Å². The van der Waals surface area contributed by atoms with Crippen molar-refractivity contribution in [3.05, 3.63) is 30.0 Å². The molecule has 3 heterocycles. The van der Waals surface area contributed by atoms with Gasteiger partial charge in [-0.3, -0.25) is 9.59 Å².